The molecule has 0 saturated heterocycles. The van der Waals surface area contributed by atoms with Gasteiger partial charge in [0.05, 0.1) is 0 Å². The number of hydrogen-bond acceptors (Lipinski definition) is 1. The second-order valence-corrected chi connectivity index (χ2v) is 3.45. The van der Waals surface area contributed by atoms with Gasteiger partial charge in [-0.1, -0.05) is 18.2 Å². The molecule has 0 aliphatic carbocycles. The molecule has 0 saturated carbocycles. The zero-order valence-corrected chi connectivity index (χ0v) is 8.10. The van der Waals surface area contributed by atoms with E-state index >= 15 is 0 Å². The van der Waals surface area contributed by atoms with E-state index in [9.17, 15) is 4.79 Å². The van der Waals surface area contributed by atoms with Gasteiger partial charge < -0.3 is 0 Å². The molecular formula is C12H12NO+. The molecule has 0 atom stereocenters. The molecule has 0 amide bonds. The van der Waals surface area contributed by atoms with E-state index in [4.69, 9.17) is 0 Å². The van der Waals surface area contributed by atoms with Crippen LogP contribution in [-0.2, 0) is 11.3 Å². The Kier molecular flexibility index (Phi) is 2.27. The van der Waals surface area contributed by atoms with Crippen LogP contribution in [0.25, 0.3) is 10.8 Å². The van der Waals surface area contributed by atoms with Crippen molar-refractivity contribution in [1.29, 1.82) is 0 Å². The molecule has 0 N–H and O–H groups in total. The van der Waals surface area contributed by atoms with Gasteiger partial charge in [-0.3, -0.25) is 4.79 Å². The minimum Gasteiger partial charge on any atom is -0.293 e. The maximum atomic E-state index is 10.9. The summed E-state index contributed by atoms with van der Waals surface area (Å²) in [7, 11) is 0. The fourth-order valence-corrected chi connectivity index (χ4v) is 1.53. The number of fused-ring (bicyclic) bond motifs is 1. The molecule has 0 spiro atoms. The number of Topliss-reactive ketones (excluding diaryl/α,β-unsaturated/α-hetero) is 1. The predicted octanol–water partition coefficient (Wildman–Crippen LogP) is 1.72. The molecule has 70 valence electrons. The van der Waals surface area contributed by atoms with Gasteiger partial charge in [-0.05, 0) is 11.5 Å². The molecule has 2 heteroatoms. The summed E-state index contributed by atoms with van der Waals surface area (Å²) in [6.07, 6.45) is 3.93. The SMILES string of the molecule is CC(=O)C[n+]1ccc2ccccc2c1. The molecular weight excluding hydrogens is 174 g/mol. The summed E-state index contributed by atoms with van der Waals surface area (Å²) >= 11 is 0. The molecule has 14 heavy (non-hydrogen) atoms. The number of nitrogens with zero attached hydrogens (tertiary/aromatic N) is 1. The van der Waals surface area contributed by atoms with Gasteiger partial charge in [0.25, 0.3) is 0 Å². The van der Waals surface area contributed by atoms with Crippen molar-refractivity contribution in [3.63, 3.8) is 0 Å². The van der Waals surface area contributed by atoms with Crippen molar-refractivity contribution in [2.75, 3.05) is 0 Å². The first kappa shape index (κ1) is 8.88. The lowest BCUT2D eigenvalue weighted by Gasteiger charge is -1.96. The first-order valence-corrected chi connectivity index (χ1v) is 4.63. The second kappa shape index (κ2) is 3.58. The average Bonchev–Trinajstić information content (AvgIpc) is 2.17. The third-order valence-electron chi connectivity index (χ3n) is 2.15. The molecule has 0 unspecified atom stereocenters. The highest BCUT2D eigenvalue weighted by Crippen LogP contribution is 2.09. The smallest absolute Gasteiger partial charge is 0.206 e. The van der Waals surface area contributed by atoms with Crippen LogP contribution in [-0.4, -0.2) is 5.78 Å². The van der Waals surface area contributed by atoms with Crippen LogP contribution in [0, 0.1) is 0 Å². The zero-order chi connectivity index (χ0) is 9.97. The molecule has 0 aliphatic heterocycles. The summed E-state index contributed by atoms with van der Waals surface area (Å²) in [5.74, 6) is 0.172. The van der Waals surface area contributed by atoms with E-state index in [1.807, 2.05) is 41.2 Å². The summed E-state index contributed by atoms with van der Waals surface area (Å²) in [6, 6.07) is 10.1. The van der Waals surface area contributed by atoms with Crippen LogP contribution in [0.3, 0.4) is 0 Å². The van der Waals surface area contributed by atoms with Crippen molar-refractivity contribution in [1.82, 2.24) is 0 Å². The molecule has 1 aromatic heterocycles. The highest BCUT2D eigenvalue weighted by Gasteiger charge is 2.04. The van der Waals surface area contributed by atoms with Crippen LogP contribution in [0.15, 0.2) is 42.7 Å². The third kappa shape index (κ3) is 1.79. The first-order chi connectivity index (χ1) is 6.75. The van der Waals surface area contributed by atoms with Crippen molar-refractivity contribution >= 4 is 16.6 Å². The second-order valence-electron chi connectivity index (χ2n) is 3.45. The summed E-state index contributed by atoms with van der Waals surface area (Å²) in [6.45, 7) is 2.05. The van der Waals surface area contributed by atoms with Gasteiger partial charge in [-0.15, -0.1) is 0 Å². The number of carbonyl (C=O) groups is 1. The highest BCUT2D eigenvalue weighted by atomic mass is 16.1. The molecule has 2 aromatic rings. The monoisotopic (exact) mass is 186 g/mol. The number of carbonyl (C=O) groups excluding carboxylic acids is 1. The molecule has 0 bridgehead atoms. The number of aromatic nitrogens is 1. The van der Waals surface area contributed by atoms with Gasteiger partial charge in [0.15, 0.2) is 18.2 Å². The lowest BCUT2D eigenvalue weighted by molar-refractivity contribution is -0.682. The van der Waals surface area contributed by atoms with E-state index in [0.717, 1.165) is 5.39 Å². The molecule has 2 nitrogen and oxygen atoms in total. The van der Waals surface area contributed by atoms with Crippen molar-refractivity contribution in [3.05, 3.63) is 42.7 Å². The van der Waals surface area contributed by atoms with E-state index in [1.54, 1.807) is 6.92 Å². The van der Waals surface area contributed by atoms with Crippen LogP contribution in [0.2, 0.25) is 0 Å². The van der Waals surface area contributed by atoms with Crippen LogP contribution >= 0.6 is 0 Å². The fraction of sp³-hybridized carbons (Fsp3) is 0.167. The Labute approximate surface area is 82.8 Å². The number of pyridine rings is 1. The van der Waals surface area contributed by atoms with Crippen molar-refractivity contribution in [2.24, 2.45) is 0 Å². The quantitative estimate of drug-likeness (QED) is 0.654. The average molecular weight is 186 g/mol. The maximum Gasteiger partial charge on any atom is 0.206 e. The number of benzene rings is 1. The number of hydrogen-bond donors (Lipinski definition) is 0. The standard InChI is InChI=1S/C12H12NO/c1-10(14)8-13-7-6-11-4-2-3-5-12(11)9-13/h2-7,9H,8H2,1H3/q+1. The van der Waals surface area contributed by atoms with E-state index < -0.39 is 0 Å². The molecule has 0 radical (unpaired) electrons. The Hall–Kier alpha value is -1.70. The van der Waals surface area contributed by atoms with Gasteiger partial charge >= 0.3 is 0 Å². The lowest BCUT2D eigenvalue weighted by atomic mass is 10.2. The lowest BCUT2D eigenvalue weighted by Crippen LogP contribution is -2.36. The molecule has 1 aromatic carbocycles. The van der Waals surface area contributed by atoms with Crippen molar-refractivity contribution in [2.45, 2.75) is 13.5 Å². The van der Waals surface area contributed by atoms with Gasteiger partial charge in [-0.2, -0.15) is 4.57 Å². The number of rotatable bonds is 2. The molecule has 0 fully saturated rings. The maximum absolute atomic E-state index is 10.9. The largest absolute Gasteiger partial charge is 0.293 e. The number of ketones is 1. The van der Waals surface area contributed by atoms with E-state index in [2.05, 4.69) is 6.07 Å². The minimum atomic E-state index is 0.172. The van der Waals surface area contributed by atoms with E-state index in [1.165, 1.54) is 5.39 Å². The van der Waals surface area contributed by atoms with E-state index in [-0.39, 0.29) is 5.78 Å². The Bertz CT molecular complexity index is 476. The Morgan fingerprint density at radius 1 is 1.21 bits per heavy atom. The van der Waals surface area contributed by atoms with Gasteiger partial charge in [0.2, 0.25) is 6.54 Å². The van der Waals surface area contributed by atoms with Gasteiger partial charge in [0.1, 0.15) is 0 Å². The fourth-order valence-electron chi connectivity index (χ4n) is 1.53. The molecule has 2 rings (SSSR count). The van der Waals surface area contributed by atoms with Crippen LogP contribution in [0.4, 0.5) is 0 Å². The molecule has 0 aliphatic rings. The predicted molar refractivity (Wildman–Crippen MR) is 54.8 cm³/mol. The van der Waals surface area contributed by atoms with Crippen molar-refractivity contribution < 1.29 is 9.36 Å². The minimum absolute atomic E-state index is 0.172. The third-order valence-corrected chi connectivity index (χ3v) is 2.15. The van der Waals surface area contributed by atoms with Crippen LogP contribution in [0.1, 0.15) is 6.92 Å². The van der Waals surface area contributed by atoms with E-state index in [0.29, 0.717) is 6.54 Å². The van der Waals surface area contributed by atoms with Crippen LogP contribution in [0.5, 0.6) is 0 Å². The Balaban J connectivity index is 2.46. The van der Waals surface area contributed by atoms with Gasteiger partial charge in [-0.25, -0.2) is 0 Å². The normalized spacial score (nSPS) is 10.4. The van der Waals surface area contributed by atoms with Crippen LogP contribution < -0.4 is 4.57 Å². The molecule has 1 heterocycles. The summed E-state index contributed by atoms with van der Waals surface area (Å²) in [5.41, 5.74) is 0. The summed E-state index contributed by atoms with van der Waals surface area (Å²) in [4.78, 5) is 10.9. The first-order valence-electron chi connectivity index (χ1n) is 4.63. The summed E-state index contributed by atoms with van der Waals surface area (Å²) in [5, 5.41) is 2.36. The Morgan fingerprint density at radius 3 is 2.64 bits per heavy atom. The summed E-state index contributed by atoms with van der Waals surface area (Å²) < 4.78 is 1.91. The van der Waals surface area contributed by atoms with Crippen molar-refractivity contribution in [3.8, 4) is 0 Å². The van der Waals surface area contributed by atoms with Gasteiger partial charge in [0, 0.05) is 18.4 Å². The zero-order valence-electron chi connectivity index (χ0n) is 8.10. The topological polar surface area (TPSA) is 20.9 Å². The highest BCUT2D eigenvalue weighted by molar-refractivity contribution is 5.80. The Morgan fingerprint density at radius 2 is 1.93 bits per heavy atom.